The number of amides is 1. The van der Waals surface area contributed by atoms with E-state index in [1.165, 1.54) is 0 Å². The molecule has 6 rings (SSSR count). The van der Waals surface area contributed by atoms with E-state index in [-0.39, 0.29) is 18.6 Å². The molecule has 0 bridgehead atoms. The molecule has 3 heterocycles. The van der Waals surface area contributed by atoms with E-state index in [4.69, 9.17) is 14.2 Å². The molecule has 0 N–H and O–H groups in total. The number of rotatable bonds is 2. The van der Waals surface area contributed by atoms with E-state index in [9.17, 15) is 10.1 Å². The fourth-order valence-electron chi connectivity index (χ4n) is 5.57. The van der Waals surface area contributed by atoms with Crippen LogP contribution in [0.2, 0.25) is 0 Å². The molecule has 2 saturated heterocycles. The Morgan fingerprint density at radius 2 is 1.94 bits per heavy atom. The molecule has 1 spiro atoms. The van der Waals surface area contributed by atoms with Gasteiger partial charge < -0.3 is 19.1 Å². The highest BCUT2D eigenvalue weighted by atomic mass is 16.6. The standard InChI is InChI=1S/C26H22N2O4/c1-25-13-22-21(30-9-10-31-22)12-23(25)32-16-26(25)19-7-2-3-8-20(19)28(24(26)29)15-18-6-4-5-17(11-18)14-27/h2-8,11-13,23H,9-10,15-16H2,1H3. The molecule has 6 nitrogen and oxygen atoms in total. The van der Waals surface area contributed by atoms with Gasteiger partial charge in [-0.1, -0.05) is 37.3 Å². The number of benzene rings is 2. The van der Waals surface area contributed by atoms with Crippen molar-refractivity contribution in [3.63, 3.8) is 0 Å². The van der Waals surface area contributed by atoms with Gasteiger partial charge in [-0.15, -0.1) is 0 Å². The van der Waals surface area contributed by atoms with Crippen molar-refractivity contribution in [1.82, 2.24) is 0 Å². The van der Waals surface area contributed by atoms with Crippen LogP contribution in [-0.4, -0.2) is 31.8 Å². The van der Waals surface area contributed by atoms with Crippen LogP contribution in [0.4, 0.5) is 5.69 Å². The van der Waals surface area contributed by atoms with Crippen LogP contribution in [-0.2, 0) is 31.0 Å². The monoisotopic (exact) mass is 426 g/mol. The van der Waals surface area contributed by atoms with Crippen molar-refractivity contribution in [2.75, 3.05) is 24.7 Å². The summed E-state index contributed by atoms with van der Waals surface area (Å²) in [6.07, 6.45) is 3.70. The second-order valence-corrected chi connectivity index (χ2v) is 8.88. The summed E-state index contributed by atoms with van der Waals surface area (Å²) in [6, 6.07) is 17.5. The van der Waals surface area contributed by atoms with Gasteiger partial charge in [0.1, 0.15) is 18.6 Å². The van der Waals surface area contributed by atoms with Gasteiger partial charge in [0.05, 0.1) is 30.9 Å². The van der Waals surface area contributed by atoms with E-state index in [2.05, 4.69) is 13.0 Å². The Kier molecular flexibility index (Phi) is 4.02. The van der Waals surface area contributed by atoms with Crippen LogP contribution in [0.15, 0.2) is 72.2 Å². The number of fused-ring (bicyclic) bond motifs is 5. The summed E-state index contributed by atoms with van der Waals surface area (Å²) in [5.74, 6) is 1.39. The molecule has 2 fully saturated rings. The third-order valence-electron chi connectivity index (χ3n) is 7.23. The third kappa shape index (κ3) is 2.40. The van der Waals surface area contributed by atoms with Crippen LogP contribution in [0.25, 0.3) is 0 Å². The first-order valence-corrected chi connectivity index (χ1v) is 10.8. The minimum atomic E-state index is -0.864. The molecule has 0 saturated carbocycles. The Labute approximate surface area is 186 Å². The van der Waals surface area contributed by atoms with Gasteiger partial charge in [0.2, 0.25) is 5.91 Å². The lowest BCUT2D eigenvalue weighted by atomic mass is 9.59. The van der Waals surface area contributed by atoms with Crippen molar-refractivity contribution in [2.45, 2.75) is 25.0 Å². The molecular formula is C26H22N2O4. The molecule has 160 valence electrons. The summed E-state index contributed by atoms with van der Waals surface area (Å²) >= 11 is 0. The molecule has 3 atom stereocenters. The molecule has 2 aromatic rings. The number of carbonyl (C=O) groups excluding carboxylic acids is 1. The van der Waals surface area contributed by atoms with Crippen LogP contribution in [0.3, 0.4) is 0 Å². The molecule has 3 aliphatic heterocycles. The first kappa shape index (κ1) is 19.1. The van der Waals surface area contributed by atoms with Crippen LogP contribution in [0.5, 0.6) is 0 Å². The average molecular weight is 426 g/mol. The van der Waals surface area contributed by atoms with Crippen molar-refractivity contribution in [2.24, 2.45) is 5.41 Å². The van der Waals surface area contributed by atoms with E-state index < -0.39 is 10.8 Å². The van der Waals surface area contributed by atoms with Crippen LogP contribution in [0, 0.1) is 16.7 Å². The number of nitriles is 1. The summed E-state index contributed by atoms with van der Waals surface area (Å²) in [6.45, 7) is 3.76. The van der Waals surface area contributed by atoms with E-state index in [1.807, 2.05) is 59.5 Å². The van der Waals surface area contributed by atoms with Gasteiger partial charge in [0, 0.05) is 11.1 Å². The van der Waals surface area contributed by atoms with Crippen molar-refractivity contribution in [3.05, 3.63) is 88.9 Å². The lowest BCUT2D eigenvalue weighted by Gasteiger charge is -2.41. The highest BCUT2D eigenvalue weighted by Gasteiger charge is 2.68. The number of anilines is 1. The Balaban J connectivity index is 1.46. The normalized spacial score (nSPS) is 29.8. The zero-order chi connectivity index (χ0) is 21.9. The molecule has 1 aliphatic carbocycles. The number of hydrogen-bond acceptors (Lipinski definition) is 5. The van der Waals surface area contributed by atoms with Crippen molar-refractivity contribution >= 4 is 11.6 Å². The molecular weight excluding hydrogens is 404 g/mol. The first-order valence-electron chi connectivity index (χ1n) is 10.8. The van der Waals surface area contributed by atoms with Crippen molar-refractivity contribution in [3.8, 4) is 6.07 Å². The van der Waals surface area contributed by atoms with E-state index in [1.54, 1.807) is 6.07 Å². The molecule has 2 aromatic carbocycles. The number of nitrogens with zero attached hydrogens (tertiary/aromatic N) is 2. The van der Waals surface area contributed by atoms with Gasteiger partial charge >= 0.3 is 0 Å². The minimum Gasteiger partial charge on any atom is -0.486 e. The van der Waals surface area contributed by atoms with Gasteiger partial charge in [-0.3, -0.25) is 4.79 Å². The molecule has 0 radical (unpaired) electrons. The lowest BCUT2D eigenvalue weighted by molar-refractivity contribution is -0.125. The van der Waals surface area contributed by atoms with Crippen LogP contribution in [0.1, 0.15) is 23.6 Å². The molecule has 3 unspecified atom stereocenters. The molecule has 4 aliphatic rings. The van der Waals surface area contributed by atoms with Crippen LogP contribution >= 0.6 is 0 Å². The average Bonchev–Trinajstić information content (AvgIpc) is 3.25. The quantitative estimate of drug-likeness (QED) is 0.734. The fraction of sp³-hybridized carbons (Fsp3) is 0.308. The molecule has 1 amide bonds. The number of carbonyl (C=O) groups is 1. The van der Waals surface area contributed by atoms with Crippen LogP contribution < -0.4 is 4.90 Å². The van der Waals surface area contributed by atoms with Gasteiger partial charge in [0.15, 0.2) is 11.5 Å². The topological polar surface area (TPSA) is 71.8 Å². The van der Waals surface area contributed by atoms with E-state index in [0.29, 0.717) is 36.8 Å². The van der Waals surface area contributed by atoms with Gasteiger partial charge in [-0.2, -0.15) is 5.26 Å². The zero-order valence-electron chi connectivity index (χ0n) is 17.7. The van der Waals surface area contributed by atoms with Crippen molar-refractivity contribution in [1.29, 1.82) is 5.26 Å². The fourth-order valence-corrected chi connectivity index (χ4v) is 5.57. The molecule has 6 heteroatoms. The Bertz CT molecular complexity index is 1240. The largest absolute Gasteiger partial charge is 0.486 e. The summed E-state index contributed by atoms with van der Waals surface area (Å²) in [7, 11) is 0. The molecule has 0 aromatic heterocycles. The second-order valence-electron chi connectivity index (χ2n) is 8.88. The highest BCUT2D eigenvalue weighted by Crippen LogP contribution is 2.60. The Morgan fingerprint density at radius 1 is 1.12 bits per heavy atom. The van der Waals surface area contributed by atoms with E-state index in [0.717, 1.165) is 16.8 Å². The minimum absolute atomic E-state index is 0.0106. The maximum absolute atomic E-state index is 14.2. The smallest absolute Gasteiger partial charge is 0.241 e. The number of hydrogen-bond donors (Lipinski definition) is 0. The highest BCUT2D eigenvalue weighted by molar-refractivity contribution is 6.09. The number of ether oxygens (including phenoxy) is 3. The predicted octanol–water partition coefficient (Wildman–Crippen LogP) is 3.58. The summed E-state index contributed by atoms with van der Waals surface area (Å²) in [5.41, 5.74) is 1.87. The van der Waals surface area contributed by atoms with Gasteiger partial charge in [0.25, 0.3) is 0 Å². The Hall–Kier alpha value is -3.56. The molecule has 32 heavy (non-hydrogen) atoms. The van der Waals surface area contributed by atoms with Crippen molar-refractivity contribution < 1.29 is 19.0 Å². The zero-order valence-corrected chi connectivity index (χ0v) is 17.7. The Morgan fingerprint density at radius 3 is 2.78 bits per heavy atom. The first-order chi connectivity index (χ1) is 15.6. The van der Waals surface area contributed by atoms with Gasteiger partial charge in [-0.05, 0) is 41.5 Å². The number of para-hydroxylation sites is 1. The lowest BCUT2D eigenvalue weighted by Crippen LogP contribution is -2.52. The third-order valence-corrected chi connectivity index (χ3v) is 7.23. The summed E-state index contributed by atoms with van der Waals surface area (Å²) < 4.78 is 17.9. The summed E-state index contributed by atoms with van der Waals surface area (Å²) in [5, 5.41) is 9.28. The maximum atomic E-state index is 14.2. The van der Waals surface area contributed by atoms with Gasteiger partial charge in [-0.25, -0.2) is 0 Å². The predicted molar refractivity (Wildman–Crippen MR) is 116 cm³/mol. The SMILES string of the molecule is CC12C=C3OCCOC3=CC1OCC21C(=O)N(Cc2cccc(C#N)c2)c2ccccc21. The van der Waals surface area contributed by atoms with E-state index >= 15 is 0 Å². The maximum Gasteiger partial charge on any atom is 0.241 e. The summed E-state index contributed by atoms with van der Waals surface area (Å²) in [4.78, 5) is 16.1. The second kappa shape index (κ2) is 6.72.